The van der Waals surface area contributed by atoms with E-state index in [2.05, 4.69) is 39.3 Å². The maximum Gasteiger partial charge on any atom is 0.248 e. The van der Waals surface area contributed by atoms with Crippen LogP contribution >= 0.6 is 34.8 Å². The lowest BCUT2D eigenvalue weighted by molar-refractivity contribution is 0.100. The molecule has 21 heavy (non-hydrogen) atoms. The predicted octanol–water partition coefficient (Wildman–Crippen LogP) is 2.88. The molecule has 0 aromatic heterocycles. The van der Waals surface area contributed by atoms with Crippen LogP contribution in [0, 0.1) is 3.57 Å². The van der Waals surface area contributed by atoms with Crippen molar-refractivity contribution in [1.82, 2.24) is 5.32 Å². The van der Waals surface area contributed by atoms with Crippen LogP contribution in [0.15, 0.2) is 48.5 Å². The Kier molecular flexibility index (Phi) is 5.51. The molecule has 0 radical (unpaired) electrons. The molecule has 0 saturated heterocycles. The molecule has 2 aromatic rings. The fourth-order valence-electron chi connectivity index (χ4n) is 1.72. The Morgan fingerprint density at radius 1 is 1.19 bits per heavy atom. The van der Waals surface area contributed by atoms with Crippen molar-refractivity contribution in [2.75, 3.05) is 5.32 Å². The Bertz CT molecular complexity index is 658. The van der Waals surface area contributed by atoms with Gasteiger partial charge >= 0.3 is 0 Å². The van der Waals surface area contributed by atoms with Crippen LogP contribution in [0.25, 0.3) is 0 Å². The molecule has 0 saturated carbocycles. The van der Waals surface area contributed by atoms with Crippen molar-refractivity contribution in [2.24, 2.45) is 5.73 Å². The number of nitrogens with two attached hydrogens (primary N) is 1. The van der Waals surface area contributed by atoms with Crippen LogP contribution < -0.4 is 16.4 Å². The molecule has 2 rings (SSSR count). The molecular formula is C15H14IN3OS. The highest BCUT2D eigenvalue weighted by Crippen LogP contribution is 2.10. The summed E-state index contributed by atoms with van der Waals surface area (Å²) >= 11 is 7.51. The van der Waals surface area contributed by atoms with E-state index in [1.165, 1.54) is 3.57 Å². The summed E-state index contributed by atoms with van der Waals surface area (Å²) in [7, 11) is 0. The van der Waals surface area contributed by atoms with Gasteiger partial charge in [-0.1, -0.05) is 12.1 Å². The van der Waals surface area contributed by atoms with Crippen molar-refractivity contribution in [2.45, 2.75) is 6.54 Å². The molecule has 0 aliphatic heterocycles. The molecule has 0 heterocycles. The summed E-state index contributed by atoms with van der Waals surface area (Å²) in [4.78, 5) is 11.0. The normalized spacial score (nSPS) is 9.95. The zero-order valence-corrected chi connectivity index (χ0v) is 14.1. The number of carbonyl (C=O) groups is 1. The van der Waals surface area contributed by atoms with Crippen molar-refractivity contribution in [3.63, 3.8) is 0 Å². The minimum absolute atomic E-state index is 0.444. The number of benzene rings is 2. The largest absolute Gasteiger partial charge is 0.366 e. The summed E-state index contributed by atoms with van der Waals surface area (Å²) < 4.78 is 1.19. The van der Waals surface area contributed by atoms with Crippen molar-refractivity contribution in [1.29, 1.82) is 0 Å². The summed E-state index contributed by atoms with van der Waals surface area (Å²) in [5.74, 6) is -0.444. The fraction of sp³-hybridized carbons (Fsp3) is 0.0667. The van der Waals surface area contributed by atoms with Crippen LogP contribution in [0.2, 0.25) is 0 Å². The molecule has 6 heteroatoms. The average Bonchev–Trinajstić information content (AvgIpc) is 2.46. The number of primary amides is 1. The first-order valence-electron chi connectivity index (χ1n) is 6.24. The van der Waals surface area contributed by atoms with Gasteiger partial charge in [-0.05, 0) is 76.8 Å². The van der Waals surface area contributed by atoms with Crippen molar-refractivity contribution in [3.05, 3.63) is 63.2 Å². The maximum absolute atomic E-state index is 11.0. The number of nitrogens with one attached hydrogen (secondary N) is 2. The van der Waals surface area contributed by atoms with Gasteiger partial charge in [0.25, 0.3) is 0 Å². The van der Waals surface area contributed by atoms with E-state index in [4.69, 9.17) is 18.0 Å². The molecule has 2 aromatic carbocycles. The van der Waals surface area contributed by atoms with Crippen molar-refractivity contribution >= 4 is 51.5 Å². The number of rotatable bonds is 4. The number of hydrogen-bond acceptors (Lipinski definition) is 2. The molecular weight excluding hydrogens is 397 g/mol. The quantitative estimate of drug-likeness (QED) is 0.535. The third-order valence-electron chi connectivity index (χ3n) is 2.77. The van der Waals surface area contributed by atoms with Crippen LogP contribution in [-0.4, -0.2) is 11.0 Å². The number of carbonyl (C=O) groups excluding carboxylic acids is 1. The van der Waals surface area contributed by atoms with E-state index in [-0.39, 0.29) is 0 Å². The van der Waals surface area contributed by atoms with Gasteiger partial charge in [-0.25, -0.2) is 0 Å². The van der Waals surface area contributed by atoms with E-state index in [0.717, 1.165) is 11.3 Å². The molecule has 0 aliphatic carbocycles. The fourth-order valence-corrected chi connectivity index (χ4v) is 2.52. The Balaban J connectivity index is 1.88. The standard InChI is InChI=1S/C15H14IN3OS/c16-12-3-1-2-10(8-12)9-18-15(21)19-13-6-4-11(5-7-13)14(17)20/h1-8H,9H2,(H2,17,20)(H2,18,19,21). The van der Waals surface area contributed by atoms with Crippen molar-refractivity contribution in [3.8, 4) is 0 Å². The third kappa shape index (κ3) is 4.98. The van der Waals surface area contributed by atoms with Crippen LogP contribution in [0.3, 0.4) is 0 Å². The van der Waals surface area contributed by atoms with Gasteiger partial charge in [0.2, 0.25) is 5.91 Å². The Morgan fingerprint density at radius 2 is 1.90 bits per heavy atom. The molecule has 0 fully saturated rings. The second-order valence-electron chi connectivity index (χ2n) is 4.38. The second kappa shape index (κ2) is 7.37. The zero-order valence-electron chi connectivity index (χ0n) is 11.1. The SMILES string of the molecule is NC(=O)c1ccc(NC(=S)NCc2cccc(I)c2)cc1. The van der Waals surface area contributed by atoms with Gasteiger partial charge in [0.15, 0.2) is 5.11 Å². The molecule has 0 bridgehead atoms. The van der Waals surface area contributed by atoms with Gasteiger partial charge in [0, 0.05) is 21.4 Å². The van der Waals surface area contributed by atoms with Gasteiger partial charge in [-0.15, -0.1) is 0 Å². The molecule has 108 valence electrons. The molecule has 0 spiro atoms. The predicted molar refractivity (Wildman–Crippen MR) is 97.2 cm³/mol. The second-order valence-corrected chi connectivity index (χ2v) is 6.03. The van der Waals surface area contributed by atoms with E-state index in [1.807, 2.05) is 18.2 Å². The van der Waals surface area contributed by atoms with E-state index >= 15 is 0 Å². The minimum Gasteiger partial charge on any atom is -0.366 e. The van der Waals surface area contributed by atoms with Crippen LogP contribution in [0.4, 0.5) is 5.69 Å². The minimum atomic E-state index is -0.444. The number of thiocarbonyl (C=S) groups is 1. The first-order valence-corrected chi connectivity index (χ1v) is 7.72. The molecule has 4 nitrogen and oxygen atoms in total. The number of halogens is 1. The first-order chi connectivity index (χ1) is 10.0. The lowest BCUT2D eigenvalue weighted by atomic mass is 10.2. The van der Waals surface area contributed by atoms with E-state index in [9.17, 15) is 4.79 Å². The van der Waals surface area contributed by atoms with Crippen LogP contribution in [0.1, 0.15) is 15.9 Å². The Morgan fingerprint density at radius 3 is 2.52 bits per heavy atom. The monoisotopic (exact) mass is 411 g/mol. The van der Waals surface area contributed by atoms with Crippen molar-refractivity contribution < 1.29 is 4.79 Å². The number of amides is 1. The lowest BCUT2D eigenvalue weighted by Gasteiger charge is -2.11. The molecule has 1 amide bonds. The van der Waals surface area contributed by atoms with E-state index in [0.29, 0.717) is 17.2 Å². The van der Waals surface area contributed by atoms with Gasteiger partial charge in [0.1, 0.15) is 0 Å². The molecule has 0 aliphatic rings. The highest BCUT2D eigenvalue weighted by atomic mass is 127. The summed E-state index contributed by atoms with van der Waals surface area (Å²) in [5, 5.41) is 6.73. The van der Waals surface area contributed by atoms with Gasteiger partial charge < -0.3 is 16.4 Å². The molecule has 0 unspecified atom stereocenters. The first kappa shape index (κ1) is 15.7. The number of anilines is 1. The summed E-state index contributed by atoms with van der Waals surface area (Å²) in [6, 6.07) is 15.0. The van der Waals surface area contributed by atoms with Gasteiger partial charge in [0.05, 0.1) is 0 Å². The van der Waals surface area contributed by atoms with Gasteiger partial charge in [-0.3, -0.25) is 4.79 Å². The van der Waals surface area contributed by atoms with Crippen LogP contribution in [0.5, 0.6) is 0 Å². The highest BCUT2D eigenvalue weighted by Gasteiger charge is 2.01. The Hall–Kier alpha value is -1.67. The van der Waals surface area contributed by atoms with Crippen LogP contribution in [-0.2, 0) is 6.54 Å². The van der Waals surface area contributed by atoms with E-state index in [1.54, 1.807) is 24.3 Å². The van der Waals surface area contributed by atoms with E-state index < -0.39 is 5.91 Å². The Labute approximate surface area is 142 Å². The topological polar surface area (TPSA) is 67.2 Å². The summed E-state index contributed by atoms with van der Waals surface area (Å²) in [6.07, 6.45) is 0. The maximum atomic E-state index is 11.0. The number of hydrogen-bond donors (Lipinski definition) is 3. The smallest absolute Gasteiger partial charge is 0.248 e. The third-order valence-corrected chi connectivity index (χ3v) is 3.69. The van der Waals surface area contributed by atoms with Gasteiger partial charge in [-0.2, -0.15) is 0 Å². The average molecular weight is 411 g/mol. The summed E-state index contributed by atoms with van der Waals surface area (Å²) in [6.45, 7) is 0.655. The zero-order chi connectivity index (χ0) is 15.2. The molecule has 0 atom stereocenters. The molecule has 4 N–H and O–H groups in total. The lowest BCUT2D eigenvalue weighted by Crippen LogP contribution is -2.27. The highest BCUT2D eigenvalue weighted by molar-refractivity contribution is 14.1. The summed E-state index contributed by atoms with van der Waals surface area (Å²) in [5.41, 5.74) is 7.63.